The van der Waals surface area contributed by atoms with E-state index in [2.05, 4.69) is 25.9 Å². The second-order valence-electron chi connectivity index (χ2n) is 9.04. The Kier molecular flexibility index (Phi) is 12.5. The van der Waals surface area contributed by atoms with Crippen molar-refractivity contribution < 1.29 is 47.9 Å². The summed E-state index contributed by atoms with van der Waals surface area (Å²) in [5, 5.41) is 19.9. The smallest absolute Gasteiger partial charge is 0.343 e. The summed E-state index contributed by atoms with van der Waals surface area (Å²) in [4.78, 5) is 36.0. The summed E-state index contributed by atoms with van der Waals surface area (Å²) in [6.45, 7) is 5.26. The van der Waals surface area contributed by atoms with Gasteiger partial charge in [-0.15, -0.1) is 0 Å². The number of aliphatic hydroxyl groups excluding tert-OH is 1. The summed E-state index contributed by atoms with van der Waals surface area (Å²) in [6, 6.07) is 6.83. The maximum atomic E-state index is 12.4. The number of carbonyl (C=O) groups is 3. The van der Waals surface area contributed by atoms with E-state index in [9.17, 15) is 19.5 Å². The van der Waals surface area contributed by atoms with Crippen molar-refractivity contribution in [3.05, 3.63) is 57.8 Å². The molecule has 0 bridgehead atoms. The van der Waals surface area contributed by atoms with E-state index < -0.39 is 30.2 Å². The van der Waals surface area contributed by atoms with Gasteiger partial charge in [-0.2, -0.15) is 5.10 Å². The van der Waals surface area contributed by atoms with Gasteiger partial charge in [-0.25, -0.2) is 14.4 Å². The fraction of sp³-hybridized carbons (Fsp3) is 0.379. The predicted molar refractivity (Wildman–Crippen MR) is 159 cm³/mol. The number of nitrogens with zero attached hydrogens (tertiary/aromatic N) is 1. The van der Waals surface area contributed by atoms with Crippen LogP contribution in [0, 0.1) is 0 Å². The average molecular weight is 635 g/mol. The number of nitrogens with one attached hydrogen (secondary N) is 3. The second-order valence-corrected chi connectivity index (χ2v) is 9.45. The van der Waals surface area contributed by atoms with Crippen molar-refractivity contribution in [1.82, 2.24) is 16.1 Å². The molecule has 0 unspecified atom stereocenters. The first-order chi connectivity index (χ1) is 21.1. The molecule has 2 aromatic rings. The Labute approximate surface area is 259 Å². The minimum Gasteiger partial charge on any atom is -0.490 e. The molecule has 0 saturated heterocycles. The van der Waals surface area contributed by atoms with Crippen LogP contribution < -0.4 is 35.0 Å². The molecule has 1 aliphatic rings. The van der Waals surface area contributed by atoms with Gasteiger partial charge in [0.15, 0.2) is 35.8 Å². The summed E-state index contributed by atoms with van der Waals surface area (Å²) < 4.78 is 32.0. The lowest BCUT2D eigenvalue weighted by Gasteiger charge is -2.28. The van der Waals surface area contributed by atoms with Gasteiger partial charge in [0.2, 0.25) is 0 Å². The maximum Gasteiger partial charge on any atom is 0.343 e. The van der Waals surface area contributed by atoms with E-state index in [1.165, 1.54) is 20.4 Å². The predicted octanol–water partition coefficient (Wildman–Crippen LogP) is 2.81. The van der Waals surface area contributed by atoms with Gasteiger partial charge < -0.3 is 44.2 Å². The number of urea groups is 1. The van der Waals surface area contributed by atoms with Crippen LogP contribution in [0.15, 0.2) is 46.7 Å². The van der Waals surface area contributed by atoms with Crippen LogP contribution in [-0.2, 0) is 19.1 Å². The van der Waals surface area contributed by atoms with E-state index >= 15 is 0 Å². The Balaban J connectivity index is 1.68. The molecule has 2 atom stereocenters. The van der Waals surface area contributed by atoms with Gasteiger partial charge in [-0.05, 0) is 56.2 Å². The quantitative estimate of drug-likeness (QED) is 0.0981. The molecule has 238 valence electrons. The molecule has 14 nitrogen and oxygen atoms in total. The van der Waals surface area contributed by atoms with Gasteiger partial charge >= 0.3 is 18.0 Å². The molecule has 2 aromatic carbocycles. The highest BCUT2D eigenvalue weighted by Crippen LogP contribution is 2.37. The van der Waals surface area contributed by atoms with Crippen LogP contribution in [0.3, 0.4) is 0 Å². The molecule has 0 aromatic heterocycles. The lowest BCUT2D eigenvalue weighted by molar-refractivity contribution is -0.143. The maximum absolute atomic E-state index is 12.4. The van der Waals surface area contributed by atoms with Gasteiger partial charge in [0.25, 0.3) is 0 Å². The van der Waals surface area contributed by atoms with Crippen LogP contribution in [0.1, 0.15) is 37.9 Å². The average Bonchev–Trinajstić information content (AvgIpc) is 2.99. The van der Waals surface area contributed by atoms with Gasteiger partial charge in [-0.1, -0.05) is 17.7 Å². The lowest BCUT2D eigenvalue weighted by Crippen LogP contribution is -2.45. The fourth-order valence-corrected chi connectivity index (χ4v) is 4.35. The van der Waals surface area contributed by atoms with E-state index in [1.54, 1.807) is 51.1 Å². The molecule has 4 N–H and O–H groups in total. The summed E-state index contributed by atoms with van der Waals surface area (Å²) in [6.07, 6.45) is 0.189. The van der Waals surface area contributed by atoms with Crippen LogP contribution in [0.25, 0.3) is 0 Å². The molecule has 1 aliphatic heterocycles. The van der Waals surface area contributed by atoms with Crippen molar-refractivity contribution in [3.8, 4) is 23.0 Å². The molecule has 15 heteroatoms. The molecule has 0 spiro atoms. The van der Waals surface area contributed by atoms with Crippen molar-refractivity contribution >= 4 is 35.8 Å². The highest BCUT2D eigenvalue weighted by molar-refractivity contribution is 6.32. The van der Waals surface area contributed by atoms with Crippen molar-refractivity contribution in [2.24, 2.45) is 5.10 Å². The third-order valence-electron chi connectivity index (χ3n) is 6.00. The lowest BCUT2D eigenvalue weighted by atomic mass is 9.95. The number of allylic oxidation sites excluding steroid dienone is 1. The van der Waals surface area contributed by atoms with Crippen LogP contribution in [-0.4, -0.2) is 76.2 Å². The monoisotopic (exact) mass is 634 g/mol. The number of hydrogen-bond donors (Lipinski definition) is 4. The Bertz CT molecular complexity index is 1410. The van der Waals surface area contributed by atoms with Crippen molar-refractivity contribution in [2.75, 3.05) is 40.6 Å². The Hall–Kier alpha value is -4.69. The number of rotatable bonds is 15. The number of amides is 2. The summed E-state index contributed by atoms with van der Waals surface area (Å²) in [5.74, 6) is -0.0284. The van der Waals surface area contributed by atoms with Gasteiger partial charge in [0.05, 0.1) is 50.3 Å². The van der Waals surface area contributed by atoms with E-state index in [1.807, 2.05) is 0 Å². The van der Waals surface area contributed by atoms with E-state index in [0.29, 0.717) is 47.3 Å². The number of halogens is 1. The number of hydrogen-bond acceptors (Lipinski definition) is 12. The second kappa shape index (κ2) is 16.2. The van der Waals surface area contributed by atoms with Crippen LogP contribution in [0.5, 0.6) is 23.0 Å². The molecule has 1 heterocycles. The Morgan fingerprint density at radius 1 is 1.05 bits per heavy atom. The zero-order valence-electron chi connectivity index (χ0n) is 24.9. The fourth-order valence-electron chi connectivity index (χ4n) is 4.08. The minimum atomic E-state index is -1.22. The first-order valence-corrected chi connectivity index (χ1v) is 13.9. The van der Waals surface area contributed by atoms with Crippen LogP contribution in [0.4, 0.5) is 4.79 Å². The SMILES string of the molecule is CCOc1cc([C@H]2NC(=O)NC(C)=C2C(=O)OC)ccc1OC[C@@H](O)N/N=C\c1cc(Cl)c(OCC(=O)OC)c(OCC)c1. The van der Waals surface area contributed by atoms with E-state index in [4.69, 9.17) is 35.3 Å². The molecule has 2 amide bonds. The molecule has 0 aliphatic carbocycles. The number of esters is 2. The van der Waals surface area contributed by atoms with Crippen LogP contribution >= 0.6 is 11.6 Å². The summed E-state index contributed by atoms with van der Waals surface area (Å²) in [7, 11) is 2.51. The zero-order valence-corrected chi connectivity index (χ0v) is 25.6. The number of methoxy groups -OCH3 is 2. The number of carbonyl (C=O) groups excluding carboxylic acids is 3. The summed E-state index contributed by atoms with van der Waals surface area (Å²) in [5.41, 5.74) is 4.26. The standard InChI is InChI=1S/C29H35ClN4O10/c1-6-41-21-12-18(26-25(28(37)40-5)16(3)32-29(38)33-26)8-9-20(21)43-14-23(35)34-31-13-17-10-19(30)27(22(11-17)42-7-2)44-15-24(36)39-4/h8-13,23,26,34-35H,6-7,14-15H2,1-5H3,(H2,32,33,38)/b31-13-/t23-,26-/m1/s1. The number of benzene rings is 2. The van der Waals surface area contributed by atoms with E-state index in [0.717, 1.165) is 0 Å². The van der Waals surface area contributed by atoms with Crippen molar-refractivity contribution in [2.45, 2.75) is 33.0 Å². The zero-order chi connectivity index (χ0) is 32.2. The Morgan fingerprint density at radius 2 is 1.77 bits per heavy atom. The van der Waals surface area contributed by atoms with Crippen molar-refractivity contribution in [3.63, 3.8) is 0 Å². The largest absolute Gasteiger partial charge is 0.490 e. The first kappa shape index (κ1) is 33.8. The number of hydrazone groups is 1. The van der Waals surface area contributed by atoms with Gasteiger partial charge in [-0.3, -0.25) is 5.43 Å². The van der Waals surface area contributed by atoms with E-state index in [-0.39, 0.29) is 29.6 Å². The molecule has 44 heavy (non-hydrogen) atoms. The molecule has 0 saturated carbocycles. The molecular formula is C29H35ClN4O10. The molecule has 0 radical (unpaired) electrons. The third kappa shape index (κ3) is 8.91. The highest BCUT2D eigenvalue weighted by Gasteiger charge is 2.32. The van der Waals surface area contributed by atoms with Crippen LogP contribution in [0.2, 0.25) is 5.02 Å². The van der Waals surface area contributed by atoms with Gasteiger partial charge in [0, 0.05) is 5.70 Å². The molecule has 0 fully saturated rings. The molecular weight excluding hydrogens is 600 g/mol. The minimum absolute atomic E-state index is 0.184. The summed E-state index contributed by atoms with van der Waals surface area (Å²) >= 11 is 6.33. The number of aliphatic hydroxyl groups is 1. The van der Waals surface area contributed by atoms with Crippen molar-refractivity contribution in [1.29, 1.82) is 0 Å². The normalized spacial score (nSPS) is 15.2. The van der Waals surface area contributed by atoms with Gasteiger partial charge in [0.1, 0.15) is 6.61 Å². The third-order valence-corrected chi connectivity index (χ3v) is 6.28. The first-order valence-electron chi connectivity index (χ1n) is 13.5. The number of ether oxygens (including phenoxy) is 6. The molecule has 3 rings (SSSR count). The highest BCUT2D eigenvalue weighted by atomic mass is 35.5. The Morgan fingerprint density at radius 3 is 2.45 bits per heavy atom. The topological polar surface area (TPSA) is 175 Å².